The SMILES string of the molecule is Cc1cccc(-c2nc(C)ncc2NCCCN)c1. The molecule has 2 aromatic rings. The molecule has 0 bridgehead atoms. The minimum absolute atomic E-state index is 0.680. The Balaban J connectivity index is 2.34. The molecule has 1 heterocycles. The number of benzene rings is 1. The number of hydrogen-bond acceptors (Lipinski definition) is 4. The summed E-state index contributed by atoms with van der Waals surface area (Å²) in [6.45, 7) is 5.50. The molecule has 0 saturated heterocycles. The molecule has 0 fully saturated rings. The lowest BCUT2D eigenvalue weighted by molar-refractivity contribution is 0.872. The second kappa shape index (κ2) is 6.29. The molecule has 0 aliphatic carbocycles. The Kier molecular flexibility index (Phi) is 4.47. The van der Waals surface area contributed by atoms with Crippen molar-refractivity contribution in [3.63, 3.8) is 0 Å². The summed E-state index contributed by atoms with van der Waals surface area (Å²) in [7, 11) is 0. The first-order valence-corrected chi connectivity index (χ1v) is 6.55. The van der Waals surface area contributed by atoms with Gasteiger partial charge in [0.05, 0.1) is 17.6 Å². The molecule has 0 spiro atoms. The Morgan fingerprint density at radius 1 is 1.26 bits per heavy atom. The highest BCUT2D eigenvalue weighted by Crippen LogP contribution is 2.25. The van der Waals surface area contributed by atoms with E-state index in [2.05, 4.69) is 40.4 Å². The highest BCUT2D eigenvalue weighted by atomic mass is 15.0. The van der Waals surface area contributed by atoms with E-state index in [1.165, 1.54) is 5.56 Å². The topological polar surface area (TPSA) is 63.8 Å². The number of nitrogens with one attached hydrogen (secondary N) is 1. The summed E-state index contributed by atoms with van der Waals surface area (Å²) in [4.78, 5) is 8.82. The predicted molar refractivity (Wildman–Crippen MR) is 79.1 cm³/mol. The van der Waals surface area contributed by atoms with Crippen LogP contribution in [0, 0.1) is 13.8 Å². The minimum Gasteiger partial charge on any atom is -0.382 e. The van der Waals surface area contributed by atoms with Crippen molar-refractivity contribution in [2.45, 2.75) is 20.3 Å². The fourth-order valence-corrected chi connectivity index (χ4v) is 1.94. The van der Waals surface area contributed by atoms with E-state index in [-0.39, 0.29) is 0 Å². The van der Waals surface area contributed by atoms with Gasteiger partial charge in [-0.15, -0.1) is 0 Å². The van der Waals surface area contributed by atoms with Gasteiger partial charge in [0.2, 0.25) is 0 Å². The molecule has 4 nitrogen and oxygen atoms in total. The van der Waals surface area contributed by atoms with Crippen molar-refractivity contribution in [1.82, 2.24) is 9.97 Å². The van der Waals surface area contributed by atoms with Gasteiger partial charge in [-0.05, 0) is 32.9 Å². The molecule has 1 aromatic heterocycles. The maximum Gasteiger partial charge on any atom is 0.126 e. The summed E-state index contributed by atoms with van der Waals surface area (Å²) in [6.07, 6.45) is 2.78. The Morgan fingerprint density at radius 3 is 2.84 bits per heavy atom. The van der Waals surface area contributed by atoms with Gasteiger partial charge in [-0.2, -0.15) is 0 Å². The Hall–Kier alpha value is -1.94. The third kappa shape index (κ3) is 3.51. The number of hydrogen-bond donors (Lipinski definition) is 2. The third-order valence-electron chi connectivity index (χ3n) is 2.90. The van der Waals surface area contributed by atoms with E-state index in [9.17, 15) is 0 Å². The molecular weight excluding hydrogens is 236 g/mol. The van der Waals surface area contributed by atoms with Crippen molar-refractivity contribution in [2.24, 2.45) is 5.73 Å². The zero-order valence-electron chi connectivity index (χ0n) is 11.5. The summed E-state index contributed by atoms with van der Waals surface area (Å²) in [5.41, 5.74) is 9.76. The third-order valence-corrected chi connectivity index (χ3v) is 2.90. The van der Waals surface area contributed by atoms with Crippen molar-refractivity contribution in [2.75, 3.05) is 18.4 Å². The van der Waals surface area contributed by atoms with Crippen LogP contribution < -0.4 is 11.1 Å². The van der Waals surface area contributed by atoms with Crippen LogP contribution in [0.4, 0.5) is 5.69 Å². The summed E-state index contributed by atoms with van der Waals surface area (Å²) >= 11 is 0. The number of nitrogens with two attached hydrogens (primary N) is 1. The average Bonchev–Trinajstić information content (AvgIpc) is 2.40. The number of rotatable bonds is 5. The summed E-state index contributed by atoms with van der Waals surface area (Å²) < 4.78 is 0. The van der Waals surface area contributed by atoms with Gasteiger partial charge in [0.1, 0.15) is 5.82 Å². The van der Waals surface area contributed by atoms with Crippen molar-refractivity contribution in [3.8, 4) is 11.3 Å². The van der Waals surface area contributed by atoms with E-state index < -0.39 is 0 Å². The van der Waals surface area contributed by atoms with Gasteiger partial charge in [-0.1, -0.05) is 23.8 Å². The largest absolute Gasteiger partial charge is 0.382 e. The minimum atomic E-state index is 0.680. The Bertz CT molecular complexity index is 552. The molecule has 2 rings (SSSR count). The number of aryl methyl sites for hydroxylation is 2. The highest BCUT2D eigenvalue weighted by Gasteiger charge is 2.08. The first kappa shape index (κ1) is 13.5. The van der Waals surface area contributed by atoms with Crippen LogP contribution >= 0.6 is 0 Å². The van der Waals surface area contributed by atoms with Gasteiger partial charge in [-0.3, -0.25) is 0 Å². The first-order chi connectivity index (χ1) is 9.20. The van der Waals surface area contributed by atoms with Crippen LogP contribution in [0.5, 0.6) is 0 Å². The van der Waals surface area contributed by atoms with Gasteiger partial charge < -0.3 is 11.1 Å². The van der Waals surface area contributed by atoms with Crippen LogP contribution in [0.15, 0.2) is 30.5 Å². The fourth-order valence-electron chi connectivity index (χ4n) is 1.94. The zero-order chi connectivity index (χ0) is 13.7. The Labute approximate surface area is 114 Å². The van der Waals surface area contributed by atoms with E-state index in [1.54, 1.807) is 0 Å². The molecule has 0 aliphatic heterocycles. The molecule has 0 amide bonds. The standard InChI is InChI=1S/C15H20N4/c1-11-5-3-6-13(9-11)15-14(17-8-4-7-16)10-18-12(2)19-15/h3,5-6,9-10,17H,4,7-8,16H2,1-2H3. The van der Waals surface area contributed by atoms with E-state index in [0.717, 1.165) is 35.7 Å². The lowest BCUT2D eigenvalue weighted by Crippen LogP contribution is -2.10. The number of nitrogens with zero attached hydrogens (tertiary/aromatic N) is 2. The van der Waals surface area contributed by atoms with Crippen LogP contribution in [-0.4, -0.2) is 23.1 Å². The van der Waals surface area contributed by atoms with Gasteiger partial charge in [-0.25, -0.2) is 9.97 Å². The van der Waals surface area contributed by atoms with Crippen molar-refractivity contribution in [3.05, 3.63) is 41.9 Å². The molecule has 1 aromatic carbocycles. The first-order valence-electron chi connectivity index (χ1n) is 6.55. The lowest BCUT2D eigenvalue weighted by Gasteiger charge is -2.11. The molecule has 0 saturated carbocycles. The van der Waals surface area contributed by atoms with Crippen LogP contribution in [-0.2, 0) is 0 Å². The fraction of sp³-hybridized carbons (Fsp3) is 0.333. The summed E-state index contributed by atoms with van der Waals surface area (Å²) in [5.74, 6) is 0.779. The molecule has 0 radical (unpaired) electrons. The van der Waals surface area contributed by atoms with Gasteiger partial charge in [0.25, 0.3) is 0 Å². The average molecular weight is 256 g/mol. The molecule has 0 atom stereocenters. The van der Waals surface area contributed by atoms with Crippen molar-refractivity contribution in [1.29, 1.82) is 0 Å². The molecular formula is C15H20N4. The van der Waals surface area contributed by atoms with Gasteiger partial charge in [0.15, 0.2) is 0 Å². The summed E-state index contributed by atoms with van der Waals surface area (Å²) in [5, 5.41) is 3.35. The van der Waals surface area contributed by atoms with E-state index >= 15 is 0 Å². The highest BCUT2D eigenvalue weighted by molar-refractivity contribution is 5.73. The monoisotopic (exact) mass is 256 g/mol. The quantitative estimate of drug-likeness (QED) is 0.807. The normalized spacial score (nSPS) is 10.5. The van der Waals surface area contributed by atoms with E-state index in [1.807, 2.05) is 19.2 Å². The predicted octanol–water partition coefficient (Wildman–Crippen LogP) is 2.52. The maximum atomic E-state index is 5.51. The molecule has 100 valence electrons. The van der Waals surface area contributed by atoms with Crippen LogP contribution in [0.1, 0.15) is 17.8 Å². The molecule has 3 N–H and O–H groups in total. The van der Waals surface area contributed by atoms with E-state index in [0.29, 0.717) is 6.54 Å². The van der Waals surface area contributed by atoms with Crippen molar-refractivity contribution < 1.29 is 0 Å². The molecule has 4 heteroatoms. The van der Waals surface area contributed by atoms with Gasteiger partial charge >= 0.3 is 0 Å². The molecule has 0 aliphatic rings. The molecule has 0 unspecified atom stereocenters. The maximum absolute atomic E-state index is 5.51. The second-order valence-corrected chi connectivity index (χ2v) is 4.62. The summed E-state index contributed by atoms with van der Waals surface area (Å²) in [6, 6.07) is 8.34. The zero-order valence-corrected chi connectivity index (χ0v) is 11.5. The molecule has 19 heavy (non-hydrogen) atoms. The van der Waals surface area contributed by atoms with Crippen LogP contribution in [0.3, 0.4) is 0 Å². The van der Waals surface area contributed by atoms with Crippen molar-refractivity contribution >= 4 is 5.69 Å². The lowest BCUT2D eigenvalue weighted by atomic mass is 10.1. The Morgan fingerprint density at radius 2 is 2.11 bits per heavy atom. The van der Waals surface area contributed by atoms with Crippen LogP contribution in [0.25, 0.3) is 11.3 Å². The van der Waals surface area contributed by atoms with Gasteiger partial charge in [0, 0.05) is 12.1 Å². The van der Waals surface area contributed by atoms with E-state index in [4.69, 9.17) is 5.73 Å². The number of anilines is 1. The smallest absolute Gasteiger partial charge is 0.126 e. The van der Waals surface area contributed by atoms with Crippen LogP contribution in [0.2, 0.25) is 0 Å². The second-order valence-electron chi connectivity index (χ2n) is 4.62. The number of aromatic nitrogens is 2.